The van der Waals surface area contributed by atoms with Gasteiger partial charge in [-0.3, -0.25) is 14.2 Å². The Labute approximate surface area is 126 Å². The van der Waals surface area contributed by atoms with E-state index in [0.29, 0.717) is 18.7 Å². The zero-order valence-corrected chi connectivity index (χ0v) is 12.4. The second-order valence-electron chi connectivity index (χ2n) is 5.19. The molecule has 1 atom stereocenters. The molecule has 9 heteroatoms. The highest BCUT2D eigenvalue weighted by Crippen LogP contribution is 2.10. The van der Waals surface area contributed by atoms with Crippen molar-refractivity contribution < 1.29 is 9.53 Å². The number of aryl methyl sites for hydroxylation is 1. The van der Waals surface area contributed by atoms with Gasteiger partial charge in [-0.25, -0.2) is 9.67 Å². The summed E-state index contributed by atoms with van der Waals surface area (Å²) in [5.74, 6) is -0.248. The number of amides is 1. The van der Waals surface area contributed by atoms with Crippen LogP contribution in [-0.4, -0.2) is 49.7 Å². The highest BCUT2D eigenvalue weighted by Gasteiger charge is 2.17. The molecule has 3 rings (SSSR count). The smallest absolute Gasteiger partial charge is 0.283 e. The van der Waals surface area contributed by atoms with Crippen molar-refractivity contribution in [2.45, 2.75) is 39.0 Å². The van der Waals surface area contributed by atoms with Crippen LogP contribution in [0.1, 0.15) is 19.8 Å². The van der Waals surface area contributed by atoms with E-state index in [4.69, 9.17) is 4.74 Å². The van der Waals surface area contributed by atoms with E-state index in [1.165, 1.54) is 10.9 Å². The summed E-state index contributed by atoms with van der Waals surface area (Å²) in [4.78, 5) is 28.3. The SMILES string of the molecule is CCn1nnc2c(=O)n(CC(=O)NCC3CCCO3)cnc21. The maximum Gasteiger partial charge on any atom is 0.283 e. The highest BCUT2D eigenvalue weighted by atomic mass is 16.5. The summed E-state index contributed by atoms with van der Waals surface area (Å²) in [6, 6.07) is 0. The van der Waals surface area contributed by atoms with Gasteiger partial charge in [-0.2, -0.15) is 0 Å². The van der Waals surface area contributed by atoms with Gasteiger partial charge in [-0.1, -0.05) is 5.21 Å². The van der Waals surface area contributed by atoms with Gasteiger partial charge in [-0.05, 0) is 19.8 Å². The lowest BCUT2D eigenvalue weighted by Crippen LogP contribution is -2.36. The molecular weight excluding hydrogens is 288 g/mol. The van der Waals surface area contributed by atoms with E-state index in [2.05, 4.69) is 20.6 Å². The normalized spacial score (nSPS) is 18.0. The second-order valence-corrected chi connectivity index (χ2v) is 5.19. The zero-order valence-electron chi connectivity index (χ0n) is 12.4. The molecule has 2 aromatic heterocycles. The molecule has 22 heavy (non-hydrogen) atoms. The van der Waals surface area contributed by atoms with E-state index in [9.17, 15) is 9.59 Å². The lowest BCUT2D eigenvalue weighted by molar-refractivity contribution is -0.122. The van der Waals surface area contributed by atoms with E-state index in [0.717, 1.165) is 19.4 Å². The topological polar surface area (TPSA) is 104 Å². The maximum atomic E-state index is 12.3. The first-order valence-electron chi connectivity index (χ1n) is 7.36. The van der Waals surface area contributed by atoms with Gasteiger partial charge in [0.1, 0.15) is 12.9 Å². The zero-order chi connectivity index (χ0) is 15.5. The summed E-state index contributed by atoms with van der Waals surface area (Å²) in [7, 11) is 0. The van der Waals surface area contributed by atoms with Crippen molar-refractivity contribution in [2.24, 2.45) is 0 Å². The minimum atomic E-state index is -0.364. The Morgan fingerprint density at radius 1 is 1.55 bits per heavy atom. The molecule has 1 N–H and O–H groups in total. The van der Waals surface area contributed by atoms with Crippen molar-refractivity contribution >= 4 is 17.1 Å². The number of nitrogens with zero attached hydrogens (tertiary/aromatic N) is 5. The summed E-state index contributed by atoms with van der Waals surface area (Å²) in [6.07, 6.45) is 3.40. The average molecular weight is 306 g/mol. The van der Waals surface area contributed by atoms with Crippen molar-refractivity contribution in [3.8, 4) is 0 Å². The van der Waals surface area contributed by atoms with Gasteiger partial charge >= 0.3 is 0 Å². The Morgan fingerprint density at radius 3 is 3.14 bits per heavy atom. The molecule has 0 spiro atoms. The Kier molecular flexibility index (Phi) is 4.14. The Balaban J connectivity index is 1.69. The van der Waals surface area contributed by atoms with Crippen molar-refractivity contribution in [3.63, 3.8) is 0 Å². The van der Waals surface area contributed by atoms with E-state index in [-0.39, 0.29) is 29.6 Å². The fourth-order valence-electron chi connectivity index (χ4n) is 2.46. The Morgan fingerprint density at radius 2 is 2.41 bits per heavy atom. The Hall–Kier alpha value is -2.29. The maximum absolute atomic E-state index is 12.3. The van der Waals surface area contributed by atoms with Gasteiger partial charge in [0.2, 0.25) is 5.91 Å². The summed E-state index contributed by atoms with van der Waals surface area (Å²) in [5, 5.41) is 10.5. The van der Waals surface area contributed by atoms with E-state index >= 15 is 0 Å². The molecule has 0 saturated carbocycles. The van der Waals surface area contributed by atoms with Crippen molar-refractivity contribution in [1.29, 1.82) is 0 Å². The van der Waals surface area contributed by atoms with Gasteiger partial charge in [0.15, 0.2) is 11.2 Å². The number of rotatable bonds is 5. The van der Waals surface area contributed by atoms with E-state index in [1.54, 1.807) is 4.68 Å². The molecule has 0 aliphatic carbocycles. The molecule has 0 aromatic carbocycles. The molecular formula is C13H18N6O3. The number of hydrogen-bond donors (Lipinski definition) is 1. The highest BCUT2D eigenvalue weighted by molar-refractivity contribution is 5.76. The number of aromatic nitrogens is 5. The first-order chi connectivity index (χ1) is 10.7. The molecule has 1 unspecified atom stereocenters. The summed E-state index contributed by atoms with van der Waals surface area (Å²) < 4.78 is 8.21. The van der Waals surface area contributed by atoms with Crippen molar-refractivity contribution in [1.82, 2.24) is 29.9 Å². The van der Waals surface area contributed by atoms with Crippen LogP contribution in [0.5, 0.6) is 0 Å². The predicted molar refractivity (Wildman–Crippen MR) is 77.2 cm³/mol. The Bertz CT molecular complexity index is 731. The van der Waals surface area contributed by atoms with Crippen LogP contribution >= 0.6 is 0 Å². The lowest BCUT2D eigenvalue weighted by Gasteiger charge is -2.11. The average Bonchev–Trinajstić information content (AvgIpc) is 3.17. The van der Waals surface area contributed by atoms with Gasteiger partial charge < -0.3 is 10.1 Å². The standard InChI is InChI=1S/C13H18N6O3/c1-2-19-12-11(16-17-19)13(21)18(8-15-12)7-10(20)14-6-9-4-3-5-22-9/h8-9H,2-7H2,1H3,(H,14,20). The van der Waals surface area contributed by atoms with Gasteiger partial charge in [-0.15, -0.1) is 5.10 Å². The fraction of sp³-hybridized carbons (Fsp3) is 0.615. The van der Waals surface area contributed by atoms with Crippen LogP contribution in [0, 0.1) is 0 Å². The number of carbonyl (C=O) groups is 1. The first kappa shape index (κ1) is 14.6. The minimum absolute atomic E-state index is 0.0747. The largest absolute Gasteiger partial charge is 0.376 e. The fourth-order valence-corrected chi connectivity index (χ4v) is 2.46. The van der Waals surface area contributed by atoms with Crippen molar-refractivity contribution in [3.05, 3.63) is 16.7 Å². The summed E-state index contributed by atoms with van der Waals surface area (Å²) >= 11 is 0. The van der Waals surface area contributed by atoms with Crippen LogP contribution in [0.25, 0.3) is 11.2 Å². The third-order valence-electron chi connectivity index (χ3n) is 3.66. The van der Waals surface area contributed by atoms with Crippen LogP contribution < -0.4 is 10.9 Å². The van der Waals surface area contributed by atoms with Crippen LogP contribution in [-0.2, 0) is 22.6 Å². The third kappa shape index (κ3) is 2.84. The molecule has 0 bridgehead atoms. The number of carbonyl (C=O) groups excluding carboxylic acids is 1. The number of ether oxygens (including phenoxy) is 1. The van der Waals surface area contributed by atoms with Crippen molar-refractivity contribution in [2.75, 3.05) is 13.2 Å². The molecule has 1 aliphatic rings. The van der Waals surface area contributed by atoms with Crippen LogP contribution in [0.2, 0.25) is 0 Å². The van der Waals surface area contributed by atoms with Gasteiger partial charge in [0.25, 0.3) is 5.56 Å². The van der Waals surface area contributed by atoms with Crippen LogP contribution in [0.4, 0.5) is 0 Å². The molecule has 9 nitrogen and oxygen atoms in total. The molecule has 2 aromatic rings. The van der Waals surface area contributed by atoms with E-state index < -0.39 is 0 Å². The number of hydrogen-bond acceptors (Lipinski definition) is 6. The van der Waals surface area contributed by atoms with E-state index in [1.807, 2.05) is 6.92 Å². The quantitative estimate of drug-likeness (QED) is 0.783. The summed E-state index contributed by atoms with van der Waals surface area (Å²) in [5.41, 5.74) is 0.247. The molecule has 1 aliphatic heterocycles. The second kappa shape index (κ2) is 6.22. The number of nitrogens with one attached hydrogen (secondary N) is 1. The molecule has 1 amide bonds. The first-order valence-corrected chi connectivity index (χ1v) is 7.36. The lowest BCUT2D eigenvalue weighted by atomic mass is 10.2. The predicted octanol–water partition coefficient (Wildman–Crippen LogP) is -0.697. The molecule has 1 fully saturated rings. The van der Waals surface area contributed by atoms with Crippen LogP contribution in [0.15, 0.2) is 11.1 Å². The number of fused-ring (bicyclic) bond motifs is 1. The van der Waals surface area contributed by atoms with Gasteiger partial charge in [0.05, 0.1) is 6.10 Å². The molecule has 1 saturated heterocycles. The summed E-state index contributed by atoms with van der Waals surface area (Å²) in [6.45, 7) is 3.59. The third-order valence-corrected chi connectivity index (χ3v) is 3.66. The van der Waals surface area contributed by atoms with Crippen LogP contribution in [0.3, 0.4) is 0 Å². The molecule has 3 heterocycles. The monoisotopic (exact) mass is 306 g/mol. The van der Waals surface area contributed by atoms with Gasteiger partial charge in [0, 0.05) is 19.7 Å². The molecule has 0 radical (unpaired) electrons. The minimum Gasteiger partial charge on any atom is -0.376 e. The molecule has 118 valence electrons.